The Morgan fingerprint density at radius 2 is 0.750 bits per heavy atom. The molecule has 5 N–H and O–H groups in total. The van der Waals surface area contributed by atoms with Crippen LogP contribution >= 0.6 is 0 Å². The maximum atomic E-state index is 10.2. The number of benzene rings is 6. The van der Waals surface area contributed by atoms with Gasteiger partial charge in [-0.1, -0.05) is 187 Å². The van der Waals surface area contributed by atoms with E-state index in [2.05, 4.69) is 90.1 Å². The number of carboxylic acid groups (broad SMARTS) is 1. The summed E-state index contributed by atoms with van der Waals surface area (Å²) in [6.45, 7) is 26.7. The fraction of sp³-hybridized carbons (Fsp3) is 0.315. The molecule has 0 saturated carbocycles. The van der Waals surface area contributed by atoms with Crippen molar-refractivity contribution in [2.24, 2.45) is 0 Å². The lowest BCUT2D eigenvalue weighted by Crippen LogP contribution is -2.28. The van der Waals surface area contributed by atoms with Crippen molar-refractivity contribution in [2.45, 2.75) is 115 Å². The molecular formula is C54H74O6. The van der Waals surface area contributed by atoms with Crippen molar-refractivity contribution in [2.75, 3.05) is 0 Å². The molecule has 0 saturated heterocycles. The second-order valence-electron chi connectivity index (χ2n) is 12.7. The number of rotatable bonds is 3. The third-order valence-corrected chi connectivity index (χ3v) is 7.67. The summed E-state index contributed by atoms with van der Waals surface area (Å²) in [6.07, 6.45) is 3.75. The molecule has 0 atom stereocenters. The molecule has 6 heteroatoms. The number of aromatic hydroxyl groups is 4. The van der Waals surface area contributed by atoms with Gasteiger partial charge < -0.3 is 25.5 Å². The zero-order valence-electron chi connectivity index (χ0n) is 38.6. The van der Waals surface area contributed by atoms with Crippen molar-refractivity contribution in [3.8, 4) is 34.1 Å². The minimum atomic E-state index is -0.986. The second-order valence-corrected chi connectivity index (χ2v) is 12.7. The summed E-state index contributed by atoms with van der Waals surface area (Å²) in [5, 5.41) is 45.6. The van der Waals surface area contributed by atoms with E-state index in [1.807, 2.05) is 84.9 Å². The predicted molar refractivity (Wildman–Crippen MR) is 257 cm³/mol. The van der Waals surface area contributed by atoms with Crippen molar-refractivity contribution in [3.05, 3.63) is 179 Å². The van der Waals surface area contributed by atoms with Gasteiger partial charge in [-0.15, -0.1) is 0 Å². The molecule has 6 aromatic carbocycles. The predicted octanol–water partition coefficient (Wildman–Crippen LogP) is 15.6. The summed E-state index contributed by atoms with van der Waals surface area (Å²) < 4.78 is 0. The maximum absolute atomic E-state index is 10.2. The van der Waals surface area contributed by atoms with Gasteiger partial charge >= 0.3 is 5.97 Å². The SMILES string of the molecule is CC.CC.CC.CCC.CCC.CCC.Cc1cccc(O)c1.O=C(O)c1ccc(O)cc1.Oc1ccc(C2(c3ccc(O)cc3)c3ccccc3-c3ccccc32)cc1. The Hall–Kier alpha value is -6.01. The van der Waals surface area contributed by atoms with Gasteiger partial charge in [0.05, 0.1) is 11.0 Å². The van der Waals surface area contributed by atoms with Crippen LogP contribution in [0.25, 0.3) is 11.1 Å². The zero-order valence-corrected chi connectivity index (χ0v) is 38.6. The molecule has 7 rings (SSSR count). The molecule has 1 aliphatic rings. The van der Waals surface area contributed by atoms with E-state index < -0.39 is 11.4 Å². The summed E-state index contributed by atoms with van der Waals surface area (Å²) in [6, 6.07) is 44.4. The molecule has 6 nitrogen and oxygen atoms in total. The van der Waals surface area contributed by atoms with Gasteiger partial charge in [-0.3, -0.25) is 0 Å². The van der Waals surface area contributed by atoms with Gasteiger partial charge in [0.2, 0.25) is 0 Å². The van der Waals surface area contributed by atoms with Crippen LogP contribution in [0.1, 0.15) is 141 Å². The molecule has 6 aromatic rings. The summed E-state index contributed by atoms with van der Waals surface area (Å²) in [4.78, 5) is 10.2. The summed E-state index contributed by atoms with van der Waals surface area (Å²) in [5.74, 6) is -0.0756. The molecule has 0 amide bonds. The fourth-order valence-corrected chi connectivity index (χ4v) is 5.68. The zero-order chi connectivity index (χ0) is 46.1. The Morgan fingerprint density at radius 1 is 0.433 bits per heavy atom. The van der Waals surface area contributed by atoms with Crippen LogP contribution in [0.15, 0.2) is 146 Å². The lowest BCUT2D eigenvalue weighted by Gasteiger charge is -2.33. The Kier molecular flexibility index (Phi) is 30.7. The van der Waals surface area contributed by atoms with E-state index in [1.165, 1.54) is 65.8 Å². The lowest BCUT2D eigenvalue weighted by molar-refractivity contribution is 0.0697. The Balaban J connectivity index is 0. The van der Waals surface area contributed by atoms with Crippen LogP contribution in [0, 0.1) is 6.92 Å². The molecule has 0 spiro atoms. The number of fused-ring (bicyclic) bond motifs is 3. The van der Waals surface area contributed by atoms with Crippen molar-refractivity contribution in [1.82, 2.24) is 0 Å². The Labute approximate surface area is 362 Å². The highest BCUT2D eigenvalue weighted by Gasteiger charge is 2.45. The fourth-order valence-electron chi connectivity index (χ4n) is 5.68. The average Bonchev–Trinajstić information content (AvgIpc) is 3.56. The largest absolute Gasteiger partial charge is 0.508 e. The van der Waals surface area contributed by atoms with Crippen molar-refractivity contribution in [3.63, 3.8) is 0 Å². The van der Waals surface area contributed by atoms with Crippen LogP contribution in [0.4, 0.5) is 0 Å². The molecule has 0 radical (unpaired) electrons. The maximum Gasteiger partial charge on any atom is 0.335 e. The highest BCUT2D eigenvalue weighted by atomic mass is 16.4. The van der Waals surface area contributed by atoms with Crippen LogP contribution in [-0.4, -0.2) is 31.5 Å². The number of aryl methyl sites for hydroxylation is 1. The van der Waals surface area contributed by atoms with Crippen LogP contribution < -0.4 is 0 Å². The van der Waals surface area contributed by atoms with Crippen molar-refractivity contribution < 1.29 is 30.3 Å². The minimum absolute atomic E-state index is 0.0741. The Morgan fingerprint density at radius 3 is 1.03 bits per heavy atom. The molecule has 0 heterocycles. The molecule has 0 unspecified atom stereocenters. The molecule has 0 aliphatic heterocycles. The van der Waals surface area contributed by atoms with E-state index in [0.717, 1.165) is 16.7 Å². The smallest absolute Gasteiger partial charge is 0.335 e. The molecule has 326 valence electrons. The summed E-state index contributed by atoms with van der Waals surface area (Å²) in [5.41, 5.74) is 7.80. The third-order valence-electron chi connectivity index (χ3n) is 7.67. The van der Waals surface area contributed by atoms with Crippen molar-refractivity contribution in [1.29, 1.82) is 0 Å². The quantitative estimate of drug-likeness (QED) is 0.121. The van der Waals surface area contributed by atoms with Crippen molar-refractivity contribution >= 4 is 5.97 Å². The molecule has 0 aromatic heterocycles. The van der Waals surface area contributed by atoms with E-state index in [-0.39, 0.29) is 22.8 Å². The number of phenols is 4. The standard InChI is InChI=1S/C25H18O2.C7H6O3.C7H8O.3C3H8.3C2H6/c26-19-13-9-17(10-14-19)25(18-11-15-20(27)16-12-18)23-7-3-1-5-21(23)22-6-2-4-8-24(22)25;8-6-3-1-5(2-4-6)7(9)10;1-6-3-2-4-7(8)5-6;3*1-3-2;3*1-2/h1-16,26-27H;1-4,8H,(H,9,10);2-5,8H,1H3;3*3H2,1-2H3;3*1-2H3. The first-order chi connectivity index (χ1) is 28.9. The van der Waals surface area contributed by atoms with Crippen LogP contribution in [0.5, 0.6) is 23.0 Å². The number of carbonyl (C=O) groups is 1. The van der Waals surface area contributed by atoms with E-state index in [0.29, 0.717) is 5.75 Å². The number of phenolic OH excluding ortho intramolecular Hbond substituents is 4. The molecular weight excluding hydrogens is 745 g/mol. The molecule has 0 bridgehead atoms. The van der Waals surface area contributed by atoms with Gasteiger partial charge in [-0.05, 0) is 107 Å². The van der Waals surface area contributed by atoms with E-state index in [4.69, 9.17) is 15.3 Å². The van der Waals surface area contributed by atoms with E-state index >= 15 is 0 Å². The summed E-state index contributed by atoms with van der Waals surface area (Å²) >= 11 is 0. The van der Waals surface area contributed by atoms with Crippen LogP contribution in [-0.2, 0) is 5.41 Å². The third kappa shape index (κ3) is 17.5. The van der Waals surface area contributed by atoms with Gasteiger partial charge in [0.25, 0.3) is 0 Å². The first-order valence-corrected chi connectivity index (χ1v) is 21.5. The minimum Gasteiger partial charge on any atom is -0.508 e. The highest BCUT2D eigenvalue weighted by molar-refractivity contribution is 5.88. The van der Waals surface area contributed by atoms with Gasteiger partial charge in [0.1, 0.15) is 23.0 Å². The number of carboxylic acids is 1. The lowest BCUT2D eigenvalue weighted by atomic mass is 9.68. The van der Waals surface area contributed by atoms with Crippen LogP contribution in [0.2, 0.25) is 0 Å². The van der Waals surface area contributed by atoms with Crippen LogP contribution in [0.3, 0.4) is 0 Å². The number of aromatic carboxylic acids is 1. The highest BCUT2D eigenvalue weighted by Crippen LogP contribution is 2.56. The molecule has 1 aliphatic carbocycles. The Bertz CT molecular complexity index is 1850. The monoisotopic (exact) mass is 819 g/mol. The van der Waals surface area contributed by atoms with E-state index in [9.17, 15) is 15.0 Å². The van der Waals surface area contributed by atoms with E-state index in [1.54, 1.807) is 36.4 Å². The normalized spacial score (nSPS) is 10.2. The van der Waals surface area contributed by atoms with Gasteiger partial charge in [0.15, 0.2) is 0 Å². The number of hydrogen-bond donors (Lipinski definition) is 5. The van der Waals surface area contributed by atoms with Gasteiger partial charge in [0, 0.05) is 0 Å². The topological polar surface area (TPSA) is 118 Å². The van der Waals surface area contributed by atoms with Gasteiger partial charge in [-0.2, -0.15) is 0 Å². The molecule has 60 heavy (non-hydrogen) atoms. The first-order valence-electron chi connectivity index (χ1n) is 21.5. The average molecular weight is 819 g/mol. The van der Waals surface area contributed by atoms with Gasteiger partial charge in [-0.25, -0.2) is 4.79 Å². The second kappa shape index (κ2) is 32.9. The summed E-state index contributed by atoms with van der Waals surface area (Å²) in [7, 11) is 0. The number of hydrogen-bond acceptors (Lipinski definition) is 5. The molecule has 0 fully saturated rings. The first kappa shape index (κ1) is 56.1.